The lowest BCUT2D eigenvalue weighted by Gasteiger charge is -2.28. The topological polar surface area (TPSA) is 3.24 Å². The molecule has 1 aliphatic rings. The van der Waals surface area contributed by atoms with Gasteiger partial charge in [0.2, 0.25) is 0 Å². The highest BCUT2D eigenvalue weighted by atomic mass is 35.5. The molecule has 0 radical (unpaired) electrons. The molecule has 0 spiro atoms. The number of rotatable bonds is 3. The first-order valence-electron chi connectivity index (χ1n) is 6.48. The molecule has 0 saturated carbocycles. The Bertz CT molecular complexity index is 496. The van der Waals surface area contributed by atoms with Crippen LogP contribution in [-0.4, -0.2) is 24.5 Å². The fourth-order valence-electron chi connectivity index (χ4n) is 2.31. The fourth-order valence-corrected chi connectivity index (χ4v) is 2.54. The minimum Gasteiger partial charge on any atom is -0.292 e. The van der Waals surface area contributed by atoms with Crippen LogP contribution in [0.25, 0.3) is 6.08 Å². The summed E-state index contributed by atoms with van der Waals surface area (Å²) in [6.07, 6.45) is 11.7. The second kappa shape index (κ2) is 6.75. The normalized spacial score (nSPS) is 17.7. The molecule has 1 aromatic carbocycles. The zero-order chi connectivity index (χ0) is 13.7. The molecule has 2 rings (SSSR count). The van der Waals surface area contributed by atoms with E-state index >= 15 is 0 Å². The number of benzene rings is 1. The van der Waals surface area contributed by atoms with Crippen molar-refractivity contribution in [1.29, 1.82) is 0 Å². The molecular weight excluding hydrogens is 261 g/mol. The van der Waals surface area contributed by atoms with Crippen LogP contribution < -0.4 is 0 Å². The van der Waals surface area contributed by atoms with Gasteiger partial charge >= 0.3 is 0 Å². The molecule has 1 fully saturated rings. The van der Waals surface area contributed by atoms with Crippen molar-refractivity contribution in [1.82, 2.24) is 4.90 Å². The molecule has 1 aliphatic heterocycles. The number of hydrogen-bond acceptors (Lipinski definition) is 1. The van der Waals surface area contributed by atoms with Gasteiger partial charge in [0, 0.05) is 0 Å². The molecule has 1 heterocycles. The molecular formula is C16H17ClFN. The number of terminal acetylenes is 1. The quantitative estimate of drug-likeness (QED) is 0.759. The number of allylic oxidation sites excluding steroid dienone is 1. The van der Waals surface area contributed by atoms with Gasteiger partial charge < -0.3 is 0 Å². The highest BCUT2D eigenvalue weighted by Crippen LogP contribution is 2.22. The highest BCUT2D eigenvalue weighted by Gasteiger charge is 2.16. The summed E-state index contributed by atoms with van der Waals surface area (Å²) < 4.78 is 12.9. The van der Waals surface area contributed by atoms with E-state index in [0.717, 1.165) is 38.0 Å². The third kappa shape index (κ3) is 4.09. The van der Waals surface area contributed by atoms with Crippen LogP contribution in [0.1, 0.15) is 18.4 Å². The van der Waals surface area contributed by atoms with Crippen LogP contribution in [0.15, 0.2) is 24.3 Å². The Labute approximate surface area is 119 Å². The Hall–Kier alpha value is -1.30. The maximum Gasteiger partial charge on any atom is 0.124 e. The lowest BCUT2D eigenvalue weighted by atomic mass is 9.95. The van der Waals surface area contributed by atoms with Crippen molar-refractivity contribution in [2.24, 2.45) is 5.92 Å². The smallest absolute Gasteiger partial charge is 0.124 e. The summed E-state index contributed by atoms with van der Waals surface area (Å²) in [7, 11) is 0. The maximum atomic E-state index is 12.9. The molecule has 1 nitrogen and oxygen atoms in total. The van der Waals surface area contributed by atoms with E-state index in [1.165, 1.54) is 12.1 Å². The third-order valence-corrected chi connectivity index (χ3v) is 3.78. The monoisotopic (exact) mass is 277 g/mol. The van der Waals surface area contributed by atoms with Crippen molar-refractivity contribution in [2.75, 3.05) is 19.6 Å². The van der Waals surface area contributed by atoms with Crippen LogP contribution in [0.5, 0.6) is 0 Å². The van der Waals surface area contributed by atoms with Crippen molar-refractivity contribution in [2.45, 2.75) is 12.8 Å². The summed E-state index contributed by atoms with van der Waals surface area (Å²) in [4.78, 5) is 2.29. The first-order chi connectivity index (χ1) is 9.19. The minimum atomic E-state index is -0.301. The van der Waals surface area contributed by atoms with Gasteiger partial charge in [-0.05, 0) is 49.5 Å². The van der Waals surface area contributed by atoms with E-state index in [0.29, 0.717) is 10.9 Å². The van der Waals surface area contributed by atoms with Gasteiger partial charge in [-0.2, -0.15) is 0 Å². The van der Waals surface area contributed by atoms with Crippen molar-refractivity contribution in [3.05, 3.63) is 40.7 Å². The number of likely N-dealkylation sites (tertiary alicyclic amines) is 1. The highest BCUT2D eigenvalue weighted by molar-refractivity contribution is 6.32. The Kier molecular flexibility index (Phi) is 5.01. The first-order valence-corrected chi connectivity index (χ1v) is 6.86. The van der Waals surface area contributed by atoms with E-state index in [2.05, 4.69) is 16.9 Å². The van der Waals surface area contributed by atoms with Gasteiger partial charge in [-0.15, -0.1) is 6.42 Å². The van der Waals surface area contributed by atoms with E-state index in [4.69, 9.17) is 18.0 Å². The molecule has 100 valence electrons. The van der Waals surface area contributed by atoms with Gasteiger partial charge in [-0.25, -0.2) is 4.39 Å². The maximum absolute atomic E-state index is 12.9. The van der Waals surface area contributed by atoms with E-state index in [-0.39, 0.29) is 5.82 Å². The number of hydrogen-bond donors (Lipinski definition) is 0. The molecule has 0 N–H and O–H groups in total. The third-order valence-electron chi connectivity index (χ3n) is 3.46. The van der Waals surface area contributed by atoms with Crippen molar-refractivity contribution in [3.8, 4) is 12.3 Å². The number of halogens is 2. The summed E-state index contributed by atoms with van der Waals surface area (Å²) in [5.74, 6) is 2.93. The summed E-state index contributed by atoms with van der Waals surface area (Å²) >= 11 is 5.99. The average Bonchev–Trinajstić information content (AvgIpc) is 2.40. The molecule has 0 aromatic heterocycles. The first kappa shape index (κ1) is 14.1. The van der Waals surface area contributed by atoms with Crippen LogP contribution >= 0.6 is 11.6 Å². The number of nitrogens with zero attached hydrogens (tertiary/aromatic N) is 1. The van der Waals surface area contributed by atoms with E-state index in [1.54, 1.807) is 6.07 Å². The lowest BCUT2D eigenvalue weighted by molar-refractivity contribution is 0.226. The standard InChI is InChI=1S/C16H17ClFN/c1-2-9-19-10-7-13(8-11-19)3-4-14-5-6-15(18)12-16(14)17/h1,3-6,12-13H,7-11H2/b4-3+. The summed E-state index contributed by atoms with van der Waals surface area (Å²) in [6.45, 7) is 2.81. The van der Waals surface area contributed by atoms with Crippen molar-refractivity contribution < 1.29 is 4.39 Å². The summed E-state index contributed by atoms with van der Waals surface area (Å²) in [5.41, 5.74) is 0.870. The fraction of sp³-hybridized carbons (Fsp3) is 0.375. The van der Waals surface area contributed by atoms with Crippen molar-refractivity contribution >= 4 is 17.7 Å². The molecule has 1 aromatic rings. The average molecular weight is 278 g/mol. The van der Waals surface area contributed by atoms with Gasteiger partial charge in [0.05, 0.1) is 11.6 Å². The Balaban J connectivity index is 1.92. The largest absolute Gasteiger partial charge is 0.292 e. The molecule has 0 aliphatic carbocycles. The number of piperidine rings is 1. The van der Waals surface area contributed by atoms with E-state index in [1.807, 2.05) is 6.08 Å². The Morgan fingerprint density at radius 1 is 1.42 bits per heavy atom. The zero-order valence-corrected chi connectivity index (χ0v) is 11.5. The Morgan fingerprint density at radius 2 is 2.16 bits per heavy atom. The molecule has 3 heteroatoms. The van der Waals surface area contributed by atoms with Gasteiger partial charge in [0.25, 0.3) is 0 Å². The van der Waals surface area contributed by atoms with Crippen LogP contribution in [0.2, 0.25) is 5.02 Å². The molecule has 0 unspecified atom stereocenters. The van der Waals surface area contributed by atoms with Gasteiger partial charge in [-0.3, -0.25) is 4.90 Å². The lowest BCUT2D eigenvalue weighted by Crippen LogP contribution is -2.33. The van der Waals surface area contributed by atoms with E-state index in [9.17, 15) is 4.39 Å². The molecule has 0 bridgehead atoms. The summed E-state index contributed by atoms with van der Waals surface area (Å²) in [6, 6.07) is 4.49. The molecule has 19 heavy (non-hydrogen) atoms. The predicted octanol–water partition coefficient (Wildman–Crippen LogP) is 3.84. The van der Waals surface area contributed by atoms with E-state index < -0.39 is 0 Å². The Morgan fingerprint density at radius 3 is 2.79 bits per heavy atom. The SMILES string of the molecule is C#CCN1CCC(/C=C/c2ccc(F)cc2Cl)CC1. The van der Waals surface area contributed by atoms with Crippen molar-refractivity contribution in [3.63, 3.8) is 0 Å². The van der Waals surface area contributed by atoms with Gasteiger partial charge in [0.1, 0.15) is 5.82 Å². The molecule has 0 atom stereocenters. The second-order valence-corrected chi connectivity index (χ2v) is 5.25. The predicted molar refractivity (Wildman–Crippen MR) is 78.4 cm³/mol. The van der Waals surface area contributed by atoms with Gasteiger partial charge in [-0.1, -0.05) is 35.7 Å². The van der Waals surface area contributed by atoms with Crippen LogP contribution in [-0.2, 0) is 0 Å². The molecule has 1 saturated heterocycles. The minimum absolute atomic E-state index is 0.301. The zero-order valence-electron chi connectivity index (χ0n) is 10.8. The molecule has 0 amide bonds. The second-order valence-electron chi connectivity index (χ2n) is 4.84. The van der Waals surface area contributed by atoms with Gasteiger partial charge in [0.15, 0.2) is 0 Å². The summed E-state index contributed by atoms with van der Waals surface area (Å²) in [5, 5.41) is 0.459. The van der Waals surface area contributed by atoms with Crippen LogP contribution in [0, 0.1) is 24.1 Å². The van der Waals surface area contributed by atoms with Crippen LogP contribution in [0.3, 0.4) is 0 Å². The van der Waals surface area contributed by atoms with Crippen LogP contribution in [0.4, 0.5) is 4.39 Å².